The van der Waals surface area contributed by atoms with Crippen molar-refractivity contribution >= 4 is 22.8 Å². The van der Waals surface area contributed by atoms with E-state index in [0.717, 1.165) is 47.0 Å². The zero-order valence-corrected chi connectivity index (χ0v) is 21.7. The van der Waals surface area contributed by atoms with E-state index in [1.54, 1.807) is 10.7 Å². The number of benzene rings is 3. The number of ketones is 1. The lowest BCUT2D eigenvalue weighted by atomic mass is 9.95. The number of likely N-dealkylation sites (tertiary alicyclic amines) is 1. The number of ether oxygens (including phenoxy) is 1. The number of hydrogen-bond donors (Lipinski definition) is 2. The predicted octanol–water partition coefficient (Wildman–Crippen LogP) is 4.71. The number of nitrogens with zero attached hydrogens (tertiary/aromatic N) is 2. The largest absolute Gasteiger partial charge is 0.445 e. The van der Waals surface area contributed by atoms with Crippen LogP contribution in [0.1, 0.15) is 39.9 Å². The van der Waals surface area contributed by atoms with E-state index in [1.807, 2.05) is 79.0 Å². The Bertz CT molecular complexity index is 1400. The molecule has 196 valence electrons. The summed E-state index contributed by atoms with van der Waals surface area (Å²) in [7, 11) is 2.16. The van der Waals surface area contributed by atoms with Crippen molar-refractivity contribution < 1.29 is 14.3 Å². The second-order valence-electron chi connectivity index (χ2n) is 10.1. The van der Waals surface area contributed by atoms with E-state index >= 15 is 0 Å². The second-order valence-corrected chi connectivity index (χ2v) is 10.1. The first-order valence-electron chi connectivity index (χ1n) is 13.1. The van der Waals surface area contributed by atoms with Gasteiger partial charge in [0.05, 0.1) is 11.6 Å². The Labute approximate surface area is 223 Å². The molecule has 2 atom stereocenters. The Morgan fingerprint density at radius 2 is 1.74 bits per heavy atom. The van der Waals surface area contributed by atoms with Crippen molar-refractivity contribution in [3.63, 3.8) is 0 Å². The number of carbonyl (C=O) groups excluding carboxylic acids is 2. The molecule has 0 bridgehead atoms. The molecule has 0 saturated carbocycles. The van der Waals surface area contributed by atoms with Crippen molar-refractivity contribution in [1.82, 2.24) is 14.9 Å². The van der Waals surface area contributed by atoms with E-state index < -0.39 is 12.1 Å². The molecule has 4 aromatic rings. The molecule has 1 aromatic heterocycles. The Kier molecular flexibility index (Phi) is 7.75. The van der Waals surface area contributed by atoms with Crippen LogP contribution in [-0.2, 0) is 24.2 Å². The molecule has 0 spiro atoms. The molecule has 0 aliphatic carbocycles. The summed E-state index contributed by atoms with van der Waals surface area (Å²) in [5.74, 6) is 6.10. The number of carbonyl (C=O) groups is 2. The molecule has 7 nitrogen and oxygen atoms in total. The molecular weight excluding hydrogens is 476 g/mol. The average Bonchev–Trinajstić information content (AvgIpc) is 3.49. The van der Waals surface area contributed by atoms with Gasteiger partial charge in [0.15, 0.2) is 5.78 Å². The van der Waals surface area contributed by atoms with Gasteiger partial charge in [-0.25, -0.2) is 4.79 Å². The minimum absolute atomic E-state index is 0.133. The maximum atomic E-state index is 13.8. The van der Waals surface area contributed by atoms with E-state index in [2.05, 4.69) is 17.3 Å². The highest BCUT2D eigenvalue weighted by Gasteiger charge is 2.26. The number of nitrogens with one attached hydrogen (secondary N) is 1. The van der Waals surface area contributed by atoms with Gasteiger partial charge < -0.3 is 20.8 Å². The minimum Gasteiger partial charge on any atom is -0.445 e. The van der Waals surface area contributed by atoms with E-state index in [-0.39, 0.29) is 12.4 Å². The Balaban J connectivity index is 1.38. The van der Waals surface area contributed by atoms with Gasteiger partial charge in [-0.05, 0) is 67.7 Å². The fourth-order valence-corrected chi connectivity index (χ4v) is 5.30. The number of aromatic nitrogens is 1. The maximum Gasteiger partial charge on any atom is 0.408 e. The fraction of sp³-hybridized carbons (Fsp3) is 0.290. The van der Waals surface area contributed by atoms with Gasteiger partial charge in [0.25, 0.3) is 0 Å². The van der Waals surface area contributed by atoms with Crippen LogP contribution in [0.25, 0.3) is 10.9 Å². The summed E-state index contributed by atoms with van der Waals surface area (Å²) in [6.45, 7) is 1.23. The third kappa shape index (κ3) is 5.89. The fourth-order valence-electron chi connectivity index (χ4n) is 5.30. The van der Waals surface area contributed by atoms with Crippen LogP contribution in [0.5, 0.6) is 0 Å². The number of nitrogen functional groups attached to an aromatic ring is 1. The molecule has 0 unspecified atom stereocenters. The molecular formula is C31H34N4O3. The SMILES string of the molecule is CN1CCC[C@@H]1Cc1cn(N)c2ccc(C(=O)[C@H](Cc3ccccc3)NC(=O)OCc3ccccc3)cc12. The first kappa shape index (κ1) is 25.5. The molecule has 2 heterocycles. The number of Topliss-reactive ketones (excluding diaryl/α,β-unsaturated/α-hetero) is 1. The second kappa shape index (κ2) is 11.5. The van der Waals surface area contributed by atoms with Gasteiger partial charge in [-0.3, -0.25) is 9.47 Å². The molecule has 1 amide bonds. The maximum absolute atomic E-state index is 13.8. The van der Waals surface area contributed by atoms with Crippen LogP contribution in [0.4, 0.5) is 4.79 Å². The number of nitrogens with two attached hydrogens (primary N) is 1. The Morgan fingerprint density at radius 1 is 1.03 bits per heavy atom. The van der Waals surface area contributed by atoms with Gasteiger partial charge in [-0.2, -0.15) is 0 Å². The van der Waals surface area contributed by atoms with Crippen molar-refractivity contribution in [1.29, 1.82) is 0 Å². The lowest BCUT2D eigenvalue weighted by Gasteiger charge is -2.19. The summed E-state index contributed by atoms with van der Waals surface area (Å²) >= 11 is 0. The normalized spacial score (nSPS) is 16.4. The zero-order valence-electron chi connectivity index (χ0n) is 21.7. The van der Waals surface area contributed by atoms with Gasteiger partial charge in [0.2, 0.25) is 0 Å². The third-order valence-electron chi connectivity index (χ3n) is 7.43. The highest BCUT2D eigenvalue weighted by molar-refractivity contribution is 6.04. The van der Waals surface area contributed by atoms with Crippen LogP contribution in [0.15, 0.2) is 85.1 Å². The highest BCUT2D eigenvalue weighted by Crippen LogP contribution is 2.27. The van der Waals surface area contributed by atoms with Crippen LogP contribution in [0, 0.1) is 0 Å². The average molecular weight is 511 g/mol. The van der Waals surface area contributed by atoms with Gasteiger partial charge in [-0.1, -0.05) is 60.7 Å². The van der Waals surface area contributed by atoms with Gasteiger partial charge in [-0.15, -0.1) is 0 Å². The van der Waals surface area contributed by atoms with E-state index in [4.69, 9.17) is 10.6 Å². The van der Waals surface area contributed by atoms with Crippen molar-refractivity contribution in [2.75, 3.05) is 19.4 Å². The number of alkyl carbamates (subject to hydrolysis) is 1. The molecule has 3 aromatic carbocycles. The summed E-state index contributed by atoms with van der Waals surface area (Å²) < 4.78 is 7.07. The van der Waals surface area contributed by atoms with Crippen LogP contribution in [0.2, 0.25) is 0 Å². The molecule has 3 N–H and O–H groups in total. The van der Waals surface area contributed by atoms with E-state index in [1.165, 1.54) is 6.42 Å². The standard InChI is InChI=1S/C31H34N4O3/c1-34-16-8-13-26(34)18-25-20-35(32)29-15-14-24(19-27(25)29)30(36)28(17-22-9-4-2-5-10-22)33-31(37)38-21-23-11-6-3-7-12-23/h2-7,9-12,14-15,19-20,26,28H,8,13,16-18,21,32H2,1H3,(H,33,37)/t26-,28+/m1/s1. The molecule has 38 heavy (non-hydrogen) atoms. The minimum atomic E-state index is -0.775. The summed E-state index contributed by atoms with van der Waals surface area (Å²) in [5, 5.41) is 3.79. The molecule has 1 aliphatic heterocycles. The highest BCUT2D eigenvalue weighted by atomic mass is 16.5. The van der Waals surface area contributed by atoms with Crippen molar-refractivity contribution in [2.24, 2.45) is 0 Å². The lowest BCUT2D eigenvalue weighted by Crippen LogP contribution is -2.42. The van der Waals surface area contributed by atoms with Gasteiger partial charge in [0, 0.05) is 29.6 Å². The molecule has 0 radical (unpaired) electrons. The Hall–Kier alpha value is -4.10. The first-order valence-corrected chi connectivity index (χ1v) is 13.1. The molecule has 7 heteroatoms. The van der Waals surface area contributed by atoms with Crippen molar-refractivity contribution in [3.8, 4) is 0 Å². The number of rotatable bonds is 9. The Morgan fingerprint density at radius 3 is 2.42 bits per heavy atom. The number of likely N-dealkylation sites (N-methyl/N-ethyl adjacent to an activating group) is 1. The molecule has 5 rings (SSSR count). The number of fused-ring (bicyclic) bond motifs is 1. The third-order valence-corrected chi connectivity index (χ3v) is 7.43. The van der Waals surface area contributed by atoms with Crippen LogP contribution in [0.3, 0.4) is 0 Å². The topological polar surface area (TPSA) is 89.6 Å². The summed E-state index contributed by atoms with van der Waals surface area (Å²) in [6, 6.07) is 24.4. The summed E-state index contributed by atoms with van der Waals surface area (Å²) in [6.07, 6.45) is 4.93. The number of amides is 1. The molecule has 1 saturated heterocycles. The van der Waals surface area contributed by atoms with Crippen LogP contribution in [-0.4, -0.2) is 47.1 Å². The molecule has 1 fully saturated rings. The van der Waals surface area contributed by atoms with E-state index in [0.29, 0.717) is 18.0 Å². The lowest BCUT2D eigenvalue weighted by molar-refractivity contribution is 0.0916. The monoisotopic (exact) mass is 510 g/mol. The van der Waals surface area contributed by atoms with Crippen molar-refractivity contribution in [2.45, 2.75) is 44.4 Å². The van der Waals surface area contributed by atoms with Crippen LogP contribution < -0.4 is 11.2 Å². The summed E-state index contributed by atoms with van der Waals surface area (Å²) in [5.41, 5.74) is 4.38. The van der Waals surface area contributed by atoms with Gasteiger partial charge >= 0.3 is 6.09 Å². The van der Waals surface area contributed by atoms with Crippen LogP contribution >= 0.6 is 0 Å². The first-order chi connectivity index (χ1) is 18.5. The van der Waals surface area contributed by atoms with Crippen molar-refractivity contribution in [3.05, 3.63) is 107 Å². The number of hydrogen-bond acceptors (Lipinski definition) is 5. The smallest absolute Gasteiger partial charge is 0.408 e. The zero-order chi connectivity index (χ0) is 26.5. The summed E-state index contributed by atoms with van der Waals surface area (Å²) in [4.78, 5) is 28.9. The van der Waals surface area contributed by atoms with Gasteiger partial charge in [0.1, 0.15) is 6.61 Å². The van der Waals surface area contributed by atoms with E-state index in [9.17, 15) is 9.59 Å². The predicted molar refractivity (Wildman–Crippen MR) is 149 cm³/mol. The quantitative estimate of drug-likeness (QED) is 0.251. The molecule has 1 aliphatic rings.